The molecule has 1 atom stereocenters. The third-order valence-corrected chi connectivity index (χ3v) is 4.44. The van der Waals surface area contributed by atoms with E-state index < -0.39 is 12.1 Å². The first-order valence-corrected chi connectivity index (χ1v) is 8.45. The molecule has 3 amide bonds. The largest absolute Gasteiger partial charge is 0.465 e. The molecule has 3 aromatic rings. The first-order valence-electron chi connectivity index (χ1n) is 7.70. The van der Waals surface area contributed by atoms with Crippen LogP contribution in [0.1, 0.15) is 18.5 Å². The van der Waals surface area contributed by atoms with Crippen molar-refractivity contribution in [3.8, 4) is 0 Å². The number of urea groups is 1. The molecule has 5 N–H and O–H groups in total. The summed E-state index contributed by atoms with van der Waals surface area (Å²) in [5, 5.41) is 24.1. The zero-order valence-electron chi connectivity index (χ0n) is 13.9. The number of halogens is 2. The first kappa shape index (κ1) is 18.7. The minimum absolute atomic E-state index is 0.134. The predicted octanol–water partition coefficient (Wildman–Crippen LogP) is 4.24. The van der Waals surface area contributed by atoms with E-state index in [1.165, 1.54) is 6.20 Å². The smallest absolute Gasteiger partial charge is 0.410 e. The fraction of sp³-hybridized carbons (Fsp3) is 0.125. The van der Waals surface area contributed by atoms with Gasteiger partial charge in [-0.05, 0) is 24.6 Å². The number of pyridine rings is 1. The van der Waals surface area contributed by atoms with Gasteiger partial charge in [0.25, 0.3) is 0 Å². The molecule has 0 saturated carbocycles. The highest BCUT2D eigenvalue weighted by molar-refractivity contribution is 6.42. The molecular weight excluding hydrogens is 395 g/mol. The molecule has 27 heavy (non-hydrogen) atoms. The van der Waals surface area contributed by atoms with Crippen LogP contribution in [0, 0.1) is 0 Å². The van der Waals surface area contributed by atoms with E-state index in [9.17, 15) is 9.59 Å². The number of anilines is 2. The summed E-state index contributed by atoms with van der Waals surface area (Å²) in [5.41, 5.74) is 1.31. The van der Waals surface area contributed by atoms with Crippen molar-refractivity contribution in [1.82, 2.24) is 20.5 Å². The Morgan fingerprint density at radius 2 is 1.96 bits per heavy atom. The monoisotopic (exact) mass is 408 g/mol. The number of carboxylic acid groups (broad SMARTS) is 1. The molecule has 0 aliphatic carbocycles. The number of rotatable bonds is 4. The van der Waals surface area contributed by atoms with Crippen LogP contribution in [0.25, 0.3) is 10.9 Å². The Morgan fingerprint density at radius 1 is 1.19 bits per heavy atom. The fourth-order valence-electron chi connectivity index (χ4n) is 2.39. The minimum atomic E-state index is -1.23. The van der Waals surface area contributed by atoms with Gasteiger partial charge in [0.2, 0.25) is 0 Å². The molecule has 0 saturated heterocycles. The summed E-state index contributed by atoms with van der Waals surface area (Å²) in [6, 6.07) is 5.86. The highest BCUT2D eigenvalue weighted by Crippen LogP contribution is 2.26. The van der Waals surface area contributed by atoms with Crippen LogP contribution in [0.5, 0.6) is 0 Å². The van der Waals surface area contributed by atoms with Crippen LogP contribution >= 0.6 is 23.2 Å². The van der Waals surface area contributed by atoms with Gasteiger partial charge in [0, 0.05) is 12.3 Å². The zero-order valence-corrected chi connectivity index (χ0v) is 15.4. The Bertz CT molecular complexity index is 1020. The molecular formula is C16H14Cl2N6O3. The van der Waals surface area contributed by atoms with Crippen molar-refractivity contribution in [3.63, 3.8) is 0 Å². The molecule has 0 aliphatic rings. The minimum Gasteiger partial charge on any atom is -0.465 e. The Morgan fingerprint density at radius 3 is 2.67 bits per heavy atom. The van der Waals surface area contributed by atoms with E-state index in [-0.39, 0.29) is 17.7 Å². The number of fused-ring (bicyclic) bond motifs is 1. The van der Waals surface area contributed by atoms with E-state index in [0.717, 1.165) is 5.56 Å². The highest BCUT2D eigenvalue weighted by Gasteiger charge is 2.13. The van der Waals surface area contributed by atoms with Gasteiger partial charge >= 0.3 is 12.1 Å². The molecule has 140 valence electrons. The van der Waals surface area contributed by atoms with Gasteiger partial charge in [-0.1, -0.05) is 29.3 Å². The van der Waals surface area contributed by atoms with E-state index in [2.05, 4.69) is 31.1 Å². The lowest BCUT2D eigenvalue weighted by molar-refractivity contribution is 0.209. The van der Waals surface area contributed by atoms with Crippen LogP contribution < -0.4 is 16.0 Å². The Labute approximate surface area is 163 Å². The molecule has 0 radical (unpaired) electrons. The Hall–Kier alpha value is -3.04. The van der Waals surface area contributed by atoms with Gasteiger partial charge < -0.3 is 10.4 Å². The number of hydrogen-bond donors (Lipinski definition) is 5. The average Bonchev–Trinajstić information content (AvgIpc) is 2.98. The number of carbonyl (C=O) groups is 2. The number of aromatic amines is 1. The van der Waals surface area contributed by atoms with Crippen LogP contribution in [0.15, 0.2) is 30.5 Å². The summed E-state index contributed by atoms with van der Waals surface area (Å²) in [4.78, 5) is 27.0. The first-order chi connectivity index (χ1) is 12.8. The maximum atomic E-state index is 12.2. The molecule has 0 bridgehead atoms. The van der Waals surface area contributed by atoms with Gasteiger partial charge in [-0.15, -0.1) is 0 Å². The molecule has 11 heteroatoms. The highest BCUT2D eigenvalue weighted by atomic mass is 35.5. The van der Waals surface area contributed by atoms with Crippen molar-refractivity contribution in [3.05, 3.63) is 46.1 Å². The number of benzene rings is 1. The molecule has 0 fully saturated rings. The Balaban J connectivity index is 1.68. The molecule has 2 aromatic heterocycles. The van der Waals surface area contributed by atoms with E-state index in [1.807, 2.05) is 0 Å². The van der Waals surface area contributed by atoms with Crippen LogP contribution in [-0.4, -0.2) is 32.4 Å². The molecule has 0 spiro atoms. The van der Waals surface area contributed by atoms with Crippen LogP contribution in [0.2, 0.25) is 10.0 Å². The van der Waals surface area contributed by atoms with E-state index in [0.29, 0.717) is 20.9 Å². The maximum Gasteiger partial charge on any atom is 0.410 e. The van der Waals surface area contributed by atoms with E-state index >= 15 is 0 Å². The number of H-pyrrole nitrogens is 1. The van der Waals surface area contributed by atoms with Crippen molar-refractivity contribution in [1.29, 1.82) is 0 Å². The van der Waals surface area contributed by atoms with Crippen molar-refractivity contribution < 1.29 is 14.7 Å². The number of aromatic nitrogens is 3. The van der Waals surface area contributed by atoms with Crippen LogP contribution in [-0.2, 0) is 0 Å². The maximum absolute atomic E-state index is 12.2. The summed E-state index contributed by atoms with van der Waals surface area (Å²) < 4.78 is 0. The van der Waals surface area contributed by atoms with Crippen molar-refractivity contribution in [2.45, 2.75) is 13.0 Å². The topological polar surface area (TPSA) is 132 Å². The van der Waals surface area contributed by atoms with Crippen LogP contribution in [0.3, 0.4) is 0 Å². The number of amides is 3. The van der Waals surface area contributed by atoms with Crippen molar-refractivity contribution in [2.24, 2.45) is 0 Å². The third-order valence-electron chi connectivity index (χ3n) is 3.71. The average molecular weight is 409 g/mol. The summed E-state index contributed by atoms with van der Waals surface area (Å²) in [6.07, 6.45) is 0.170. The molecule has 1 aromatic carbocycles. The quantitative estimate of drug-likeness (QED) is 0.440. The van der Waals surface area contributed by atoms with Gasteiger partial charge in [-0.2, -0.15) is 5.10 Å². The summed E-state index contributed by atoms with van der Waals surface area (Å²) in [5.74, 6) is 0.404. The van der Waals surface area contributed by atoms with E-state index in [4.69, 9.17) is 28.3 Å². The second kappa shape index (κ2) is 7.68. The standard InChI is InChI=1S/C16H14Cl2N6O3/c1-7(8-2-3-10(17)11(18)4-8)20-15(25)21-13-5-12-9(6-19-13)14(24-23-12)22-16(26)27/h2-7H,1H3,(H,26,27)(H2,22,23,24)(H2,19,20,21,25)/t7-/m1/s1. The second-order valence-electron chi connectivity index (χ2n) is 5.61. The van der Waals surface area contributed by atoms with Crippen molar-refractivity contribution in [2.75, 3.05) is 10.6 Å². The molecule has 2 heterocycles. The third kappa shape index (κ3) is 4.39. The number of hydrogen-bond acceptors (Lipinski definition) is 4. The number of carbonyl (C=O) groups excluding carboxylic acids is 1. The SMILES string of the molecule is C[C@@H](NC(=O)Nc1cc2[nH]nc(NC(=O)O)c2cn1)c1ccc(Cl)c(Cl)c1. The van der Waals surface area contributed by atoms with E-state index in [1.54, 1.807) is 31.2 Å². The summed E-state index contributed by atoms with van der Waals surface area (Å²) in [6.45, 7) is 1.80. The number of nitrogens with zero attached hydrogens (tertiary/aromatic N) is 2. The van der Waals surface area contributed by atoms with Gasteiger partial charge in [0.1, 0.15) is 5.82 Å². The molecule has 9 nitrogen and oxygen atoms in total. The molecule has 0 unspecified atom stereocenters. The fourth-order valence-corrected chi connectivity index (χ4v) is 2.70. The van der Waals surface area contributed by atoms with Gasteiger partial charge in [0.15, 0.2) is 5.82 Å². The second-order valence-corrected chi connectivity index (χ2v) is 6.43. The lowest BCUT2D eigenvalue weighted by atomic mass is 10.1. The summed E-state index contributed by atoms with van der Waals surface area (Å²) in [7, 11) is 0. The van der Waals surface area contributed by atoms with Gasteiger partial charge in [-0.3, -0.25) is 15.7 Å². The predicted molar refractivity (Wildman–Crippen MR) is 103 cm³/mol. The molecule has 0 aliphatic heterocycles. The van der Waals surface area contributed by atoms with Gasteiger partial charge in [-0.25, -0.2) is 14.6 Å². The molecule has 3 rings (SSSR count). The lowest BCUT2D eigenvalue weighted by Crippen LogP contribution is -2.31. The number of nitrogens with one attached hydrogen (secondary N) is 4. The zero-order chi connectivity index (χ0) is 19.6. The summed E-state index contributed by atoms with van der Waals surface area (Å²) >= 11 is 11.9. The lowest BCUT2D eigenvalue weighted by Gasteiger charge is -2.15. The van der Waals surface area contributed by atoms with Crippen LogP contribution in [0.4, 0.5) is 21.2 Å². The van der Waals surface area contributed by atoms with Gasteiger partial charge in [0.05, 0.1) is 27.0 Å². The normalized spacial score (nSPS) is 11.8. The van der Waals surface area contributed by atoms with Crippen molar-refractivity contribution >= 4 is 57.9 Å². The Kier molecular flexibility index (Phi) is 5.33.